The highest BCUT2D eigenvalue weighted by Crippen LogP contribution is 2.63. The Hall–Kier alpha value is -7.44. The van der Waals surface area contributed by atoms with Crippen LogP contribution in [0.15, 0.2) is 108 Å². The molecule has 5 aliphatic rings. The van der Waals surface area contributed by atoms with Crippen LogP contribution >= 0.6 is 0 Å². The number of aromatic nitrogens is 6. The Balaban J connectivity index is 0.607. The number of H-pyrrole nitrogens is 1. The largest absolute Gasteiger partial charge is 0.507 e. The molecule has 3 saturated heterocycles. The summed E-state index contributed by atoms with van der Waals surface area (Å²) in [6.45, 7) is 12.1. The second-order valence-electron chi connectivity index (χ2n) is 23.0. The van der Waals surface area contributed by atoms with Crippen molar-refractivity contribution in [1.82, 2.24) is 45.6 Å². The van der Waals surface area contributed by atoms with E-state index in [0.717, 1.165) is 86.6 Å². The summed E-state index contributed by atoms with van der Waals surface area (Å²) in [6, 6.07) is 24.3. The normalized spacial score (nSPS) is 25.1. The molecule has 2 saturated carbocycles. The number of β-amino-alcohol motifs (C(OH)–C–C–N with tert-alkyl or cyclic N) is 1. The number of aliphatic hydroxyl groups excluding tert-OH is 1. The highest BCUT2D eigenvalue weighted by molar-refractivity contribution is 5.93. The third-order valence-electron chi connectivity index (χ3n) is 17.7. The molecule has 3 aliphatic heterocycles. The Bertz CT molecular complexity index is 3270. The highest BCUT2D eigenvalue weighted by Gasteiger charge is 2.55. The maximum Gasteiger partial charge on any atom is 0.275 e. The first-order chi connectivity index (χ1) is 37.8. The fraction of sp³-hybridized carbons (Fsp3) is 0.450. The van der Waals surface area contributed by atoms with Crippen molar-refractivity contribution in [2.24, 2.45) is 11.3 Å². The number of halogens is 1. The second kappa shape index (κ2) is 21.1. The smallest absolute Gasteiger partial charge is 0.275 e. The summed E-state index contributed by atoms with van der Waals surface area (Å²) in [7, 11) is 0. The predicted octanol–water partition coefficient (Wildman–Crippen LogP) is 9.13. The van der Waals surface area contributed by atoms with E-state index in [4.69, 9.17) is 19.3 Å². The van der Waals surface area contributed by atoms with Gasteiger partial charge in [0.05, 0.1) is 23.2 Å². The Kier molecular flexibility index (Phi) is 13.9. The van der Waals surface area contributed by atoms with Gasteiger partial charge in [0.1, 0.15) is 29.3 Å². The Morgan fingerprint density at radius 2 is 1.64 bits per heavy atom. The van der Waals surface area contributed by atoms with Gasteiger partial charge in [0.2, 0.25) is 11.9 Å². The van der Waals surface area contributed by atoms with Crippen LogP contribution in [0.4, 0.5) is 16.0 Å². The number of anilines is 2. The molecular weight excluding hydrogens is 990 g/mol. The van der Waals surface area contributed by atoms with Crippen LogP contribution < -0.4 is 20.1 Å². The van der Waals surface area contributed by atoms with Crippen LogP contribution in [0.5, 0.6) is 11.5 Å². The molecule has 7 heterocycles. The molecule has 5 atom stereocenters. The molecular formula is C60H68FN11O6. The molecule has 18 heteroatoms. The van der Waals surface area contributed by atoms with Crippen molar-refractivity contribution in [3.05, 3.63) is 126 Å². The van der Waals surface area contributed by atoms with Crippen molar-refractivity contribution in [2.45, 2.75) is 127 Å². The van der Waals surface area contributed by atoms with Gasteiger partial charge in [-0.1, -0.05) is 68.4 Å². The van der Waals surface area contributed by atoms with Gasteiger partial charge in [-0.25, -0.2) is 14.4 Å². The minimum Gasteiger partial charge on any atom is -0.507 e. The molecule has 5 fully saturated rings. The molecule has 4 aromatic heterocycles. The summed E-state index contributed by atoms with van der Waals surface area (Å²) >= 11 is 0. The van der Waals surface area contributed by atoms with Gasteiger partial charge in [-0.3, -0.25) is 9.59 Å². The van der Waals surface area contributed by atoms with Gasteiger partial charge in [-0.2, -0.15) is 5.48 Å². The zero-order valence-electron chi connectivity index (χ0n) is 44.6. The zero-order valence-corrected chi connectivity index (χ0v) is 44.6. The average Bonchev–Trinajstić information content (AvgIpc) is 4.26. The van der Waals surface area contributed by atoms with Crippen molar-refractivity contribution in [1.29, 1.82) is 0 Å². The van der Waals surface area contributed by atoms with Crippen molar-refractivity contribution in [2.75, 3.05) is 42.5 Å². The van der Waals surface area contributed by atoms with Gasteiger partial charge in [0.15, 0.2) is 11.4 Å². The number of aromatic hydroxyl groups is 1. The van der Waals surface area contributed by atoms with E-state index in [-0.39, 0.29) is 54.4 Å². The molecule has 1 spiro atoms. The number of para-hydroxylation sites is 1. The van der Waals surface area contributed by atoms with Crippen LogP contribution in [0.25, 0.3) is 33.4 Å². The number of piperazine rings is 1. The molecule has 12 rings (SSSR count). The number of aromatic amines is 1. The lowest BCUT2D eigenvalue weighted by molar-refractivity contribution is -0.143. The van der Waals surface area contributed by atoms with Crippen molar-refractivity contribution in [3.63, 3.8) is 0 Å². The molecule has 4 N–H and O–H groups in total. The molecule has 7 aromatic rings. The van der Waals surface area contributed by atoms with E-state index in [2.05, 4.69) is 66.8 Å². The van der Waals surface area contributed by atoms with Gasteiger partial charge in [-0.15, -0.1) is 10.2 Å². The molecule has 0 bridgehead atoms. The van der Waals surface area contributed by atoms with Gasteiger partial charge >= 0.3 is 0 Å². The number of amides is 2. The fourth-order valence-electron chi connectivity index (χ4n) is 13.5. The zero-order chi connectivity index (χ0) is 53.8. The first-order valence-electron chi connectivity index (χ1n) is 27.8. The predicted molar refractivity (Wildman–Crippen MR) is 293 cm³/mol. The van der Waals surface area contributed by atoms with Gasteiger partial charge in [-0.05, 0) is 130 Å². The van der Waals surface area contributed by atoms with E-state index in [1.807, 2.05) is 44.3 Å². The van der Waals surface area contributed by atoms with E-state index < -0.39 is 24.0 Å². The van der Waals surface area contributed by atoms with E-state index in [1.165, 1.54) is 29.4 Å². The quantitative estimate of drug-likeness (QED) is 0.0751. The molecule has 406 valence electrons. The molecule has 17 nitrogen and oxygen atoms in total. The van der Waals surface area contributed by atoms with Crippen molar-refractivity contribution in [3.8, 4) is 33.9 Å². The number of hydrogen-bond donors (Lipinski definition) is 4. The van der Waals surface area contributed by atoms with E-state index in [0.29, 0.717) is 51.3 Å². The number of phenolic OH excluding ortho intramolecular Hbond substituents is 1. The lowest BCUT2D eigenvalue weighted by Gasteiger charge is -2.60. The van der Waals surface area contributed by atoms with Crippen LogP contribution in [-0.4, -0.2) is 125 Å². The van der Waals surface area contributed by atoms with Crippen LogP contribution in [-0.2, 0) is 9.59 Å². The summed E-state index contributed by atoms with van der Waals surface area (Å²) in [5.74, 6) is 0.444. The standard InChI is InChI=1S/C60H68FN11O6/c1-5-41-33-70(52-31-62-56-47(52)23-50(65-66-56)46-11-7-9-13-53(46)74)32-36(4)72(41)59-63-29-40(30-64-59)37-18-20-69(21-19-37)42-27-60(28-42)25-39(26-60)49-24-54(78-67-49)55(35(2)3)58(76)71-34-43(73)22-51(71)57(75)68-77-44-16-14-38(15-17-44)45-10-6-8-12-48(45)61/h6-17,23-24,29-31,35-37,39,41-43,51,55,73-74H,5,18-22,25-28,32-34H2,1-4H3,(H,62,66)(H,68,75)/t36?,39-,41?,42-,43-,51+,55-,60?/m1/s1. The highest BCUT2D eigenvalue weighted by atomic mass is 19.1. The van der Waals surface area contributed by atoms with E-state index >= 15 is 0 Å². The number of phenols is 1. The molecule has 78 heavy (non-hydrogen) atoms. The summed E-state index contributed by atoms with van der Waals surface area (Å²) in [5, 5.41) is 35.6. The number of hydroxylamine groups is 1. The van der Waals surface area contributed by atoms with Crippen LogP contribution in [0.3, 0.4) is 0 Å². The SMILES string of the molecule is CCC1CN(c2c[nH]c3nnc(-c4ccccc4O)cc23)CC(C)N1c1ncc(C2CCN([C@H]3CC4(C[C@H](c5cc([C@H](C(=O)N6C[C@H](O)C[C@H]6C(=O)NOc6ccc(-c7ccccc7F)cc6)C(C)C)on5)C4)C3)CC2)cn1. The maximum absolute atomic E-state index is 14.3. The number of nitrogens with one attached hydrogen (secondary N) is 2. The Morgan fingerprint density at radius 3 is 2.36 bits per heavy atom. The summed E-state index contributed by atoms with van der Waals surface area (Å²) in [6.07, 6.45) is 12.9. The number of benzene rings is 3. The summed E-state index contributed by atoms with van der Waals surface area (Å²) in [4.78, 5) is 55.7. The number of aliphatic hydroxyl groups is 1. The van der Waals surface area contributed by atoms with E-state index in [9.17, 15) is 24.2 Å². The van der Waals surface area contributed by atoms with Crippen molar-refractivity contribution < 1.29 is 33.6 Å². The third-order valence-corrected chi connectivity index (χ3v) is 17.7. The number of piperidine rings is 1. The van der Waals surface area contributed by atoms with Gasteiger partial charge in [0.25, 0.3) is 5.91 Å². The number of hydrogen-bond acceptors (Lipinski definition) is 14. The third kappa shape index (κ3) is 9.81. The fourth-order valence-corrected chi connectivity index (χ4v) is 13.5. The first-order valence-corrected chi connectivity index (χ1v) is 27.8. The molecule has 2 unspecified atom stereocenters. The van der Waals surface area contributed by atoms with Crippen LogP contribution in [0, 0.1) is 17.2 Å². The minimum absolute atomic E-state index is 0.0140. The topological polar surface area (TPSA) is 202 Å². The number of fused-ring (bicyclic) bond motifs is 1. The van der Waals surface area contributed by atoms with Crippen LogP contribution in [0.2, 0.25) is 0 Å². The summed E-state index contributed by atoms with van der Waals surface area (Å²) < 4.78 is 20.3. The number of nitrogens with zero attached hydrogens (tertiary/aromatic N) is 9. The monoisotopic (exact) mass is 1060 g/mol. The van der Waals surface area contributed by atoms with E-state index in [1.54, 1.807) is 54.6 Å². The first kappa shape index (κ1) is 51.3. The molecule has 2 amide bonds. The molecule has 3 aromatic carbocycles. The van der Waals surface area contributed by atoms with Gasteiger partial charge < -0.3 is 44.2 Å². The molecule has 2 aliphatic carbocycles. The lowest BCUT2D eigenvalue weighted by Crippen LogP contribution is -2.58. The average molecular weight is 1060 g/mol. The molecule has 0 radical (unpaired) electrons. The Morgan fingerprint density at radius 1 is 0.910 bits per heavy atom. The summed E-state index contributed by atoms with van der Waals surface area (Å²) in [5.41, 5.74) is 9.07. The number of rotatable bonds is 14. The Labute approximate surface area is 453 Å². The number of likely N-dealkylation sites (tertiary alicyclic amines) is 2. The lowest BCUT2D eigenvalue weighted by atomic mass is 9.49. The van der Waals surface area contributed by atoms with Gasteiger partial charge in [0, 0.05) is 91.3 Å². The van der Waals surface area contributed by atoms with Crippen molar-refractivity contribution >= 4 is 34.5 Å². The number of carbonyl (C=O) groups is 2. The number of carbonyl (C=O) groups excluding carboxylic acids is 2. The minimum atomic E-state index is -0.944. The second-order valence-corrected chi connectivity index (χ2v) is 23.0. The maximum atomic E-state index is 14.3. The van der Waals surface area contributed by atoms with Crippen LogP contribution in [0.1, 0.15) is 114 Å².